The molecule has 0 aliphatic heterocycles. The lowest BCUT2D eigenvalue weighted by atomic mass is 11.0. The van der Waals surface area contributed by atoms with E-state index in [4.69, 9.17) is 5.26 Å². The summed E-state index contributed by atoms with van der Waals surface area (Å²) in [6.07, 6.45) is 3.04. The van der Waals surface area contributed by atoms with Crippen molar-refractivity contribution in [1.29, 1.82) is 0 Å². The fraction of sp³-hybridized carbons (Fsp3) is 0. The Kier molecular flexibility index (Phi) is 1.90. The van der Waals surface area contributed by atoms with Crippen LogP contribution in [0.5, 0.6) is 0 Å². The normalized spacial score (nSPS) is 9.62. The number of nitrogens with one attached hydrogen (secondary N) is 1. The molecular weight excluding hydrogens is 128 g/mol. The molecule has 5 heteroatoms. The van der Waals surface area contributed by atoms with Gasteiger partial charge in [0, 0.05) is 0 Å². The number of rotatable bonds is 2. The van der Waals surface area contributed by atoms with Crippen molar-refractivity contribution in [2.75, 3.05) is 0 Å². The summed E-state index contributed by atoms with van der Waals surface area (Å²) in [6, 6.07) is 0. The van der Waals surface area contributed by atoms with Crippen LogP contribution < -0.4 is 0 Å². The maximum absolute atomic E-state index is 7.85. The number of imidazole rings is 1. The molecule has 1 aromatic heterocycles. The van der Waals surface area contributed by atoms with Gasteiger partial charge in [0.25, 0.3) is 0 Å². The Hall–Kier alpha value is -0.520. The topological polar surface area (TPSA) is 58.1 Å². The van der Waals surface area contributed by atoms with Crippen molar-refractivity contribution >= 4 is 12.0 Å². The third-order valence-corrected chi connectivity index (χ3v) is 1.08. The van der Waals surface area contributed by atoms with Crippen LogP contribution in [0.4, 0.5) is 0 Å². The Bertz CT molecular complexity index is 141. The second-order valence-electron chi connectivity index (χ2n) is 1.07. The van der Waals surface area contributed by atoms with Crippen molar-refractivity contribution in [1.82, 2.24) is 9.97 Å². The summed E-state index contributed by atoms with van der Waals surface area (Å²) in [4.78, 5) is 6.38. The molecule has 0 aliphatic rings. The first-order valence-electron chi connectivity index (χ1n) is 1.90. The smallest absolute Gasteiger partial charge is 0.123 e. The lowest BCUT2D eigenvalue weighted by molar-refractivity contribution is -0.116. The van der Waals surface area contributed by atoms with E-state index in [0.29, 0.717) is 5.03 Å². The molecule has 0 aliphatic carbocycles. The Morgan fingerprint density at radius 1 is 1.88 bits per heavy atom. The number of hydrogen-bond donors (Lipinski definition) is 2. The molecule has 0 spiro atoms. The zero-order valence-corrected chi connectivity index (χ0v) is 4.68. The van der Waals surface area contributed by atoms with E-state index in [-0.39, 0.29) is 0 Å². The van der Waals surface area contributed by atoms with Crippen molar-refractivity contribution < 1.29 is 9.59 Å². The Balaban J connectivity index is 2.50. The first-order chi connectivity index (χ1) is 3.93. The van der Waals surface area contributed by atoms with Crippen LogP contribution >= 0.6 is 12.0 Å². The van der Waals surface area contributed by atoms with Gasteiger partial charge in [-0.05, 0) is 0 Å². The van der Waals surface area contributed by atoms with Crippen LogP contribution in [-0.2, 0) is 4.33 Å². The molecule has 4 nitrogen and oxygen atoms in total. The summed E-state index contributed by atoms with van der Waals surface area (Å²) in [7, 11) is 0. The Morgan fingerprint density at radius 2 is 2.75 bits per heavy atom. The van der Waals surface area contributed by atoms with Gasteiger partial charge in [0.05, 0.1) is 24.6 Å². The van der Waals surface area contributed by atoms with Crippen molar-refractivity contribution in [3.63, 3.8) is 0 Å². The van der Waals surface area contributed by atoms with E-state index in [1.807, 2.05) is 0 Å². The van der Waals surface area contributed by atoms with Gasteiger partial charge in [-0.1, -0.05) is 0 Å². The van der Waals surface area contributed by atoms with E-state index in [2.05, 4.69) is 14.3 Å². The highest BCUT2D eigenvalue weighted by molar-refractivity contribution is 7.94. The summed E-state index contributed by atoms with van der Waals surface area (Å²) < 4.78 is 3.73. The summed E-state index contributed by atoms with van der Waals surface area (Å²) in [5, 5.41) is 8.53. The average Bonchev–Trinajstić information content (AvgIpc) is 2.19. The number of aromatic amines is 1. The standard InChI is InChI=1S/C3H4N2O2S/c6-7-8-3-1-4-2-5-3/h1-2,6H,(H,4,5). The summed E-state index contributed by atoms with van der Waals surface area (Å²) in [5.41, 5.74) is 0. The molecule has 44 valence electrons. The molecular formula is C3H4N2O2S. The predicted octanol–water partition coefficient (Wildman–Crippen LogP) is 0.906. The van der Waals surface area contributed by atoms with Crippen molar-refractivity contribution in [2.24, 2.45) is 0 Å². The molecule has 0 bridgehead atoms. The van der Waals surface area contributed by atoms with Gasteiger partial charge in [0.2, 0.25) is 0 Å². The second kappa shape index (κ2) is 2.71. The summed E-state index contributed by atoms with van der Waals surface area (Å²) in [6.45, 7) is 0. The molecule has 0 aromatic carbocycles. The van der Waals surface area contributed by atoms with Gasteiger partial charge >= 0.3 is 0 Å². The highest BCUT2D eigenvalue weighted by Gasteiger charge is 1.90. The SMILES string of the molecule is OOSc1cnc[nH]1. The van der Waals surface area contributed by atoms with Gasteiger partial charge in [-0.3, -0.25) is 0 Å². The van der Waals surface area contributed by atoms with Crippen molar-refractivity contribution in [3.8, 4) is 0 Å². The van der Waals surface area contributed by atoms with E-state index in [0.717, 1.165) is 12.0 Å². The molecule has 1 heterocycles. The first-order valence-corrected chi connectivity index (χ1v) is 2.64. The zero-order chi connectivity index (χ0) is 5.82. The van der Waals surface area contributed by atoms with Gasteiger partial charge in [0.15, 0.2) is 0 Å². The molecule has 1 aromatic rings. The van der Waals surface area contributed by atoms with Crippen molar-refractivity contribution in [2.45, 2.75) is 5.03 Å². The molecule has 0 atom stereocenters. The van der Waals surface area contributed by atoms with E-state index < -0.39 is 0 Å². The lowest BCUT2D eigenvalue weighted by Crippen LogP contribution is -1.68. The van der Waals surface area contributed by atoms with E-state index in [1.54, 1.807) is 6.20 Å². The van der Waals surface area contributed by atoms with Crippen LogP contribution in [0.25, 0.3) is 0 Å². The molecule has 0 unspecified atom stereocenters. The zero-order valence-electron chi connectivity index (χ0n) is 3.87. The molecule has 0 saturated heterocycles. The minimum absolute atomic E-state index is 0.674. The van der Waals surface area contributed by atoms with Gasteiger partial charge < -0.3 is 4.98 Å². The highest BCUT2D eigenvalue weighted by atomic mass is 32.2. The van der Waals surface area contributed by atoms with E-state index >= 15 is 0 Å². The molecule has 0 radical (unpaired) electrons. The highest BCUT2D eigenvalue weighted by Crippen LogP contribution is 2.11. The summed E-state index contributed by atoms with van der Waals surface area (Å²) >= 11 is 0.819. The van der Waals surface area contributed by atoms with Crippen LogP contribution in [0.1, 0.15) is 0 Å². The van der Waals surface area contributed by atoms with Gasteiger partial charge in [-0.15, -0.1) is 0 Å². The maximum atomic E-state index is 7.85. The number of aromatic nitrogens is 2. The number of hydrogen-bond acceptors (Lipinski definition) is 4. The van der Waals surface area contributed by atoms with Gasteiger partial charge in [-0.25, -0.2) is 10.2 Å². The van der Waals surface area contributed by atoms with E-state index in [9.17, 15) is 0 Å². The van der Waals surface area contributed by atoms with Crippen LogP contribution in [0.15, 0.2) is 17.6 Å². The molecule has 0 amide bonds. The van der Waals surface area contributed by atoms with Crippen LogP contribution in [0.3, 0.4) is 0 Å². The fourth-order valence-electron chi connectivity index (χ4n) is 0.329. The first kappa shape index (κ1) is 5.61. The van der Waals surface area contributed by atoms with E-state index in [1.165, 1.54) is 6.33 Å². The lowest BCUT2D eigenvalue weighted by Gasteiger charge is -1.84. The van der Waals surface area contributed by atoms with Crippen LogP contribution in [-0.4, -0.2) is 15.2 Å². The second-order valence-corrected chi connectivity index (χ2v) is 1.83. The Morgan fingerprint density at radius 3 is 3.25 bits per heavy atom. The van der Waals surface area contributed by atoms with Crippen LogP contribution in [0.2, 0.25) is 0 Å². The third kappa shape index (κ3) is 1.22. The summed E-state index contributed by atoms with van der Waals surface area (Å²) in [5.74, 6) is 0. The quantitative estimate of drug-likeness (QED) is 0.356. The van der Waals surface area contributed by atoms with Gasteiger partial charge in [-0.2, -0.15) is 4.33 Å². The van der Waals surface area contributed by atoms with Crippen molar-refractivity contribution in [3.05, 3.63) is 12.5 Å². The molecule has 8 heavy (non-hydrogen) atoms. The molecule has 1 rings (SSSR count). The van der Waals surface area contributed by atoms with Gasteiger partial charge in [0.1, 0.15) is 5.03 Å². The average molecular weight is 132 g/mol. The minimum atomic E-state index is 0.674. The molecule has 0 fully saturated rings. The van der Waals surface area contributed by atoms with Crippen LogP contribution in [0, 0.1) is 0 Å². The fourth-order valence-corrected chi connectivity index (χ4v) is 0.614. The number of H-pyrrole nitrogens is 1. The largest absolute Gasteiger partial charge is 0.338 e. The monoisotopic (exact) mass is 132 g/mol. The third-order valence-electron chi connectivity index (χ3n) is 0.600. The number of nitrogens with zero attached hydrogens (tertiary/aromatic N) is 1. The Labute approximate surface area is 50.0 Å². The maximum Gasteiger partial charge on any atom is 0.123 e. The molecule has 2 N–H and O–H groups in total. The minimum Gasteiger partial charge on any atom is -0.338 e. The predicted molar refractivity (Wildman–Crippen MR) is 28.2 cm³/mol. The molecule has 0 saturated carbocycles.